The van der Waals surface area contributed by atoms with Crippen molar-refractivity contribution in [3.63, 3.8) is 0 Å². The van der Waals surface area contributed by atoms with Gasteiger partial charge in [0, 0.05) is 12.2 Å². The van der Waals surface area contributed by atoms with Gasteiger partial charge >= 0.3 is 0 Å². The first-order valence-electron chi connectivity index (χ1n) is 6.35. The van der Waals surface area contributed by atoms with E-state index >= 15 is 0 Å². The predicted octanol–water partition coefficient (Wildman–Crippen LogP) is 3.00. The number of hydrogen-bond donors (Lipinski definition) is 1. The van der Waals surface area contributed by atoms with Crippen LogP contribution in [0.15, 0.2) is 11.4 Å². The standard InChI is InChI=1S/C13H19N3OS/c1-9-3-5-11(6-4-9)15-12-10(8-17)7-14-13(16-12)18-2/h7-9,11H,3-6H2,1-2H3,(H,14,15,16). The number of hydrogen-bond acceptors (Lipinski definition) is 5. The van der Waals surface area contributed by atoms with Gasteiger partial charge < -0.3 is 5.32 Å². The normalized spacial score (nSPS) is 23.7. The molecule has 5 heteroatoms. The Hall–Kier alpha value is -1.10. The quantitative estimate of drug-likeness (QED) is 0.515. The summed E-state index contributed by atoms with van der Waals surface area (Å²) in [6.07, 6.45) is 9.14. The molecule has 1 fully saturated rings. The molecular weight excluding hydrogens is 246 g/mol. The molecule has 0 saturated heterocycles. The first kappa shape index (κ1) is 13.3. The third kappa shape index (κ3) is 3.22. The number of carbonyl (C=O) groups excluding carboxylic acids is 1. The van der Waals surface area contributed by atoms with Crippen LogP contribution in [0.4, 0.5) is 5.82 Å². The average Bonchev–Trinajstić information content (AvgIpc) is 2.41. The van der Waals surface area contributed by atoms with Crippen molar-refractivity contribution < 1.29 is 4.79 Å². The number of carbonyl (C=O) groups is 1. The van der Waals surface area contributed by atoms with Crippen LogP contribution in [0.25, 0.3) is 0 Å². The Balaban J connectivity index is 2.09. The SMILES string of the molecule is CSc1ncc(C=O)c(NC2CCC(C)CC2)n1. The second-order valence-electron chi connectivity index (χ2n) is 4.88. The largest absolute Gasteiger partial charge is 0.367 e. The van der Waals surface area contributed by atoms with Gasteiger partial charge in [-0.05, 0) is 37.9 Å². The summed E-state index contributed by atoms with van der Waals surface area (Å²) in [5, 5.41) is 4.10. The summed E-state index contributed by atoms with van der Waals surface area (Å²) in [5.74, 6) is 1.50. The summed E-state index contributed by atoms with van der Waals surface area (Å²) >= 11 is 1.49. The van der Waals surface area contributed by atoms with Crippen LogP contribution < -0.4 is 5.32 Å². The van der Waals surface area contributed by atoms with E-state index < -0.39 is 0 Å². The van der Waals surface area contributed by atoms with E-state index in [0.717, 1.165) is 25.0 Å². The molecule has 0 aliphatic heterocycles. The monoisotopic (exact) mass is 265 g/mol. The molecule has 1 heterocycles. The third-order valence-corrected chi connectivity index (χ3v) is 4.02. The molecule has 1 aromatic heterocycles. The highest BCUT2D eigenvalue weighted by molar-refractivity contribution is 7.98. The van der Waals surface area contributed by atoms with Crippen molar-refractivity contribution >= 4 is 23.9 Å². The Morgan fingerprint density at radius 1 is 1.39 bits per heavy atom. The Kier molecular flexibility index (Phi) is 4.58. The molecule has 0 bridgehead atoms. The number of thioether (sulfide) groups is 1. The van der Waals surface area contributed by atoms with Gasteiger partial charge in [0.1, 0.15) is 5.82 Å². The fraction of sp³-hybridized carbons (Fsp3) is 0.615. The van der Waals surface area contributed by atoms with E-state index in [2.05, 4.69) is 22.2 Å². The Bertz CT molecular complexity index is 417. The first-order valence-corrected chi connectivity index (χ1v) is 7.58. The molecule has 0 unspecified atom stereocenters. The zero-order valence-corrected chi connectivity index (χ0v) is 11.7. The highest BCUT2D eigenvalue weighted by Crippen LogP contribution is 2.26. The van der Waals surface area contributed by atoms with Crippen LogP contribution in [0.1, 0.15) is 43.0 Å². The molecule has 0 amide bonds. The van der Waals surface area contributed by atoms with Crippen molar-refractivity contribution in [2.45, 2.75) is 43.8 Å². The van der Waals surface area contributed by atoms with E-state index in [1.54, 1.807) is 6.20 Å². The minimum absolute atomic E-state index is 0.435. The fourth-order valence-electron chi connectivity index (χ4n) is 2.27. The van der Waals surface area contributed by atoms with Gasteiger partial charge in [-0.3, -0.25) is 4.79 Å². The predicted molar refractivity (Wildman–Crippen MR) is 74.2 cm³/mol. The van der Waals surface area contributed by atoms with Crippen molar-refractivity contribution in [3.8, 4) is 0 Å². The van der Waals surface area contributed by atoms with Crippen molar-refractivity contribution in [2.75, 3.05) is 11.6 Å². The lowest BCUT2D eigenvalue weighted by molar-refractivity contribution is 0.112. The number of aromatic nitrogens is 2. The van der Waals surface area contributed by atoms with Crippen LogP contribution in [-0.4, -0.2) is 28.6 Å². The van der Waals surface area contributed by atoms with E-state index in [9.17, 15) is 4.79 Å². The van der Waals surface area contributed by atoms with Gasteiger partial charge in [0.15, 0.2) is 11.4 Å². The fourth-order valence-corrected chi connectivity index (χ4v) is 2.61. The minimum atomic E-state index is 0.435. The van der Waals surface area contributed by atoms with Crippen molar-refractivity contribution in [2.24, 2.45) is 5.92 Å². The van der Waals surface area contributed by atoms with Crippen molar-refractivity contribution in [1.82, 2.24) is 9.97 Å². The third-order valence-electron chi connectivity index (χ3n) is 3.46. The van der Waals surface area contributed by atoms with Gasteiger partial charge in [0.05, 0.1) is 5.56 Å². The lowest BCUT2D eigenvalue weighted by Gasteiger charge is -2.27. The Morgan fingerprint density at radius 2 is 2.11 bits per heavy atom. The highest BCUT2D eigenvalue weighted by atomic mass is 32.2. The molecule has 2 rings (SSSR count). The maximum absolute atomic E-state index is 11.0. The van der Waals surface area contributed by atoms with Crippen LogP contribution >= 0.6 is 11.8 Å². The Morgan fingerprint density at radius 3 is 2.72 bits per heavy atom. The lowest BCUT2D eigenvalue weighted by atomic mass is 9.87. The Labute approximate surface area is 112 Å². The maximum atomic E-state index is 11.0. The summed E-state index contributed by atoms with van der Waals surface area (Å²) in [5.41, 5.74) is 0.548. The number of rotatable bonds is 4. The van der Waals surface area contributed by atoms with Crippen molar-refractivity contribution in [3.05, 3.63) is 11.8 Å². The van der Waals surface area contributed by atoms with Gasteiger partial charge in [-0.15, -0.1) is 0 Å². The zero-order valence-electron chi connectivity index (χ0n) is 10.8. The summed E-state index contributed by atoms with van der Waals surface area (Å²) in [7, 11) is 0. The van der Waals surface area contributed by atoms with E-state index in [-0.39, 0.29) is 0 Å². The van der Waals surface area contributed by atoms with Gasteiger partial charge in [0.2, 0.25) is 0 Å². The van der Waals surface area contributed by atoms with Gasteiger partial charge in [-0.2, -0.15) is 0 Å². The maximum Gasteiger partial charge on any atom is 0.189 e. The molecule has 0 radical (unpaired) electrons. The highest BCUT2D eigenvalue weighted by Gasteiger charge is 2.19. The minimum Gasteiger partial charge on any atom is -0.367 e. The number of nitrogens with zero attached hydrogens (tertiary/aromatic N) is 2. The average molecular weight is 265 g/mol. The molecule has 1 N–H and O–H groups in total. The second-order valence-corrected chi connectivity index (χ2v) is 5.65. The van der Waals surface area contributed by atoms with Gasteiger partial charge in [-0.1, -0.05) is 18.7 Å². The molecule has 0 aromatic carbocycles. The molecule has 1 aromatic rings. The van der Waals surface area contributed by atoms with E-state index in [0.29, 0.717) is 22.6 Å². The number of nitrogens with one attached hydrogen (secondary N) is 1. The molecule has 18 heavy (non-hydrogen) atoms. The summed E-state index contributed by atoms with van der Waals surface area (Å²) in [6, 6.07) is 0.435. The zero-order chi connectivity index (χ0) is 13.0. The first-order chi connectivity index (χ1) is 8.72. The lowest BCUT2D eigenvalue weighted by Crippen LogP contribution is -2.26. The van der Waals surface area contributed by atoms with E-state index in [1.165, 1.54) is 24.6 Å². The summed E-state index contributed by atoms with van der Waals surface area (Å²) in [4.78, 5) is 19.5. The molecule has 0 atom stereocenters. The van der Waals surface area contributed by atoms with E-state index in [4.69, 9.17) is 0 Å². The van der Waals surface area contributed by atoms with Crippen LogP contribution in [-0.2, 0) is 0 Å². The number of anilines is 1. The van der Waals surface area contributed by atoms with E-state index in [1.807, 2.05) is 6.26 Å². The topological polar surface area (TPSA) is 54.9 Å². The second kappa shape index (κ2) is 6.18. The summed E-state index contributed by atoms with van der Waals surface area (Å²) in [6.45, 7) is 2.30. The molecule has 1 aliphatic carbocycles. The molecule has 1 saturated carbocycles. The molecule has 1 aliphatic rings. The molecule has 0 spiro atoms. The van der Waals surface area contributed by atoms with Crippen molar-refractivity contribution in [1.29, 1.82) is 0 Å². The number of aldehydes is 1. The van der Waals surface area contributed by atoms with Gasteiger partial charge in [-0.25, -0.2) is 9.97 Å². The van der Waals surface area contributed by atoms with Crippen LogP contribution in [0, 0.1) is 5.92 Å². The van der Waals surface area contributed by atoms with Gasteiger partial charge in [0.25, 0.3) is 0 Å². The summed E-state index contributed by atoms with van der Waals surface area (Å²) < 4.78 is 0. The molecule has 4 nitrogen and oxygen atoms in total. The van der Waals surface area contributed by atoms with Crippen LogP contribution in [0.5, 0.6) is 0 Å². The molecular formula is C13H19N3OS. The smallest absolute Gasteiger partial charge is 0.189 e. The molecule has 98 valence electrons. The van der Waals surface area contributed by atoms with Crippen LogP contribution in [0.2, 0.25) is 0 Å². The van der Waals surface area contributed by atoms with Crippen LogP contribution in [0.3, 0.4) is 0 Å².